The summed E-state index contributed by atoms with van der Waals surface area (Å²) < 4.78 is 4.61. The van der Waals surface area contributed by atoms with Crippen LogP contribution >= 0.6 is 8.88 Å². The van der Waals surface area contributed by atoms with Crippen LogP contribution in [0.2, 0.25) is 0 Å². The van der Waals surface area contributed by atoms with Crippen molar-refractivity contribution in [1.82, 2.24) is 8.68 Å². The van der Waals surface area contributed by atoms with E-state index in [4.69, 9.17) is 0 Å². The summed E-state index contributed by atoms with van der Waals surface area (Å²) in [4.78, 5) is 0. The molecule has 0 saturated carbocycles. The summed E-state index contributed by atoms with van der Waals surface area (Å²) in [6.45, 7) is 0. The molecule has 0 aliphatic heterocycles. The van der Waals surface area contributed by atoms with Gasteiger partial charge >= 0.3 is 0 Å². The molecule has 0 amide bonds. The highest BCUT2D eigenvalue weighted by Crippen LogP contribution is 2.29. The van der Waals surface area contributed by atoms with E-state index < -0.39 is 0 Å². The molecule has 3 heteroatoms. The average molecular weight is 264 g/mol. The van der Waals surface area contributed by atoms with Crippen molar-refractivity contribution in [2.24, 2.45) is 0 Å². The van der Waals surface area contributed by atoms with Gasteiger partial charge in [0.15, 0.2) is 0 Å². The van der Waals surface area contributed by atoms with Gasteiger partial charge in [-0.1, -0.05) is 36.4 Å². The van der Waals surface area contributed by atoms with Gasteiger partial charge in [-0.15, -0.1) is 0 Å². The summed E-state index contributed by atoms with van der Waals surface area (Å²) in [5.74, 6) is 0. The molecule has 0 bridgehead atoms. The molecule has 2 heterocycles. The minimum Gasteiger partial charge on any atom is -0.311 e. The fraction of sp³-hybridized carbons (Fsp3) is 0. The Kier molecular flexibility index (Phi) is 2.43. The van der Waals surface area contributed by atoms with Crippen LogP contribution in [0.5, 0.6) is 0 Å². The van der Waals surface area contributed by atoms with Crippen LogP contribution in [0.15, 0.2) is 73.1 Å². The Bertz CT molecular complexity index is 785. The maximum absolute atomic E-state index is 2.31. The molecule has 2 nitrogen and oxygen atoms in total. The topological polar surface area (TPSA) is 9.86 Å². The van der Waals surface area contributed by atoms with Gasteiger partial charge in [-0.25, -0.2) is 0 Å². The Labute approximate surface area is 113 Å². The molecule has 2 aromatic carbocycles. The van der Waals surface area contributed by atoms with Gasteiger partial charge < -0.3 is 8.68 Å². The van der Waals surface area contributed by atoms with Crippen LogP contribution in [0.3, 0.4) is 0 Å². The fourth-order valence-corrected chi connectivity index (χ4v) is 3.59. The predicted octanol–water partition coefficient (Wildman–Crippen LogP) is 4.50. The van der Waals surface area contributed by atoms with Gasteiger partial charge in [0.25, 0.3) is 0 Å². The van der Waals surface area contributed by atoms with E-state index in [0.717, 1.165) is 0 Å². The van der Waals surface area contributed by atoms with Crippen LogP contribution in [0.1, 0.15) is 0 Å². The van der Waals surface area contributed by atoms with Crippen molar-refractivity contribution in [1.29, 1.82) is 0 Å². The van der Waals surface area contributed by atoms with E-state index >= 15 is 0 Å². The molecule has 0 aliphatic carbocycles. The Balaban J connectivity index is 1.82. The third-order valence-corrected chi connectivity index (χ3v) is 4.63. The van der Waals surface area contributed by atoms with E-state index in [1.807, 2.05) is 0 Å². The molecule has 0 aliphatic rings. The zero-order chi connectivity index (χ0) is 12.7. The van der Waals surface area contributed by atoms with E-state index in [0.29, 0.717) is 8.88 Å². The highest BCUT2D eigenvalue weighted by Gasteiger charge is 2.03. The summed E-state index contributed by atoms with van der Waals surface area (Å²) >= 11 is 0. The smallest absolute Gasteiger partial charge is 0.0884 e. The van der Waals surface area contributed by atoms with Gasteiger partial charge in [-0.05, 0) is 35.0 Å². The van der Waals surface area contributed by atoms with Gasteiger partial charge in [0.2, 0.25) is 0 Å². The second kappa shape index (κ2) is 4.25. The lowest BCUT2D eigenvalue weighted by Crippen LogP contribution is -1.88. The van der Waals surface area contributed by atoms with E-state index in [-0.39, 0.29) is 0 Å². The van der Waals surface area contributed by atoms with Crippen molar-refractivity contribution in [3.05, 3.63) is 73.1 Å². The number of nitrogens with zero attached hydrogens (tertiary/aromatic N) is 2. The number of fused-ring (bicyclic) bond motifs is 2. The second-order valence-corrected chi connectivity index (χ2v) is 5.75. The Hall–Kier alpha value is -2.05. The monoisotopic (exact) mass is 264 g/mol. The third-order valence-electron chi connectivity index (χ3n) is 3.41. The fourth-order valence-electron chi connectivity index (χ4n) is 2.46. The first-order valence-corrected chi connectivity index (χ1v) is 7.20. The van der Waals surface area contributed by atoms with Crippen LogP contribution in [0, 0.1) is 0 Å². The molecule has 19 heavy (non-hydrogen) atoms. The molecule has 92 valence electrons. The van der Waals surface area contributed by atoms with Crippen LogP contribution in [-0.4, -0.2) is 8.68 Å². The summed E-state index contributed by atoms with van der Waals surface area (Å²) in [6, 6.07) is 21.4. The van der Waals surface area contributed by atoms with Gasteiger partial charge in [0, 0.05) is 12.4 Å². The van der Waals surface area contributed by atoms with Crippen molar-refractivity contribution in [3.8, 4) is 0 Å². The summed E-state index contributed by atoms with van der Waals surface area (Å²) in [7, 11) is 0.567. The van der Waals surface area contributed by atoms with Crippen LogP contribution in [0.4, 0.5) is 0 Å². The predicted molar refractivity (Wildman–Crippen MR) is 83.0 cm³/mol. The lowest BCUT2D eigenvalue weighted by molar-refractivity contribution is 1.23. The molecule has 4 aromatic rings. The Morgan fingerprint density at radius 3 is 1.58 bits per heavy atom. The van der Waals surface area contributed by atoms with Crippen molar-refractivity contribution in [3.63, 3.8) is 0 Å². The molecule has 2 aromatic heterocycles. The number of rotatable bonds is 2. The first kappa shape index (κ1) is 10.8. The molecular weight excluding hydrogens is 251 g/mol. The molecule has 0 spiro atoms. The zero-order valence-electron chi connectivity index (χ0n) is 10.3. The van der Waals surface area contributed by atoms with Crippen LogP contribution in [-0.2, 0) is 0 Å². The molecular formula is C16H13N2P. The molecule has 0 N–H and O–H groups in total. The standard InChI is InChI=1S/C16H13N2P/c1-3-7-15-13(5-1)9-11-17(15)19-18-12-10-14-6-2-4-8-16(14)18/h1-12,19H. The number of aromatic nitrogens is 2. The van der Waals surface area contributed by atoms with E-state index in [1.165, 1.54) is 21.8 Å². The molecule has 0 fully saturated rings. The maximum atomic E-state index is 2.31. The Morgan fingerprint density at radius 2 is 1.05 bits per heavy atom. The third kappa shape index (κ3) is 1.76. The average Bonchev–Trinajstić information content (AvgIpc) is 3.05. The molecule has 4 rings (SSSR count). The van der Waals surface area contributed by atoms with Crippen LogP contribution < -0.4 is 0 Å². The zero-order valence-corrected chi connectivity index (χ0v) is 11.3. The minimum absolute atomic E-state index is 0.567. The molecule has 0 atom stereocenters. The lowest BCUT2D eigenvalue weighted by Gasteiger charge is -2.08. The molecule has 0 saturated heterocycles. The number of benzene rings is 2. The van der Waals surface area contributed by atoms with E-state index in [1.54, 1.807) is 0 Å². The number of para-hydroxylation sites is 2. The largest absolute Gasteiger partial charge is 0.311 e. The van der Waals surface area contributed by atoms with Gasteiger partial charge in [-0.2, -0.15) is 0 Å². The normalized spacial score (nSPS) is 11.4. The highest BCUT2D eigenvalue weighted by atomic mass is 31.1. The van der Waals surface area contributed by atoms with E-state index in [2.05, 4.69) is 81.7 Å². The highest BCUT2D eigenvalue weighted by molar-refractivity contribution is 7.35. The van der Waals surface area contributed by atoms with Gasteiger partial charge in [0.05, 0.1) is 19.9 Å². The first-order valence-electron chi connectivity index (χ1n) is 6.31. The molecule has 0 radical (unpaired) electrons. The maximum Gasteiger partial charge on any atom is 0.0884 e. The van der Waals surface area contributed by atoms with Gasteiger partial charge in [-0.3, -0.25) is 0 Å². The second-order valence-electron chi connectivity index (χ2n) is 4.59. The van der Waals surface area contributed by atoms with Crippen molar-refractivity contribution in [2.75, 3.05) is 0 Å². The van der Waals surface area contributed by atoms with E-state index in [9.17, 15) is 0 Å². The summed E-state index contributed by atoms with van der Waals surface area (Å²) in [6.07, 6.45) is 4.33. The summed E-state index contributed by atoms with van der Waals surface area (Å²) in [5, 5.41) is 2.60. The van der Waals surface area contributed by atoms with Crippen molar-refractivity contribution >= 4 is 30.7 Å². The Morgan fingerprint density at radius 1 is 0.579 bits per heavy atom. The SMILES string of the molecule is c1ccc2c(c1)ccn2Pn1ccc2ccccc21. The van der Waals surface area contributed by atoms with Crippen molar-refractivity contribution in [2.45, 2.75) is 0 Å². The number of hydrogen-bond donors (Lipinski definition) is 0. The quantitative estimate of drug-likeness (QED) is 0.472. The molecule has 0 unspecified atom stereocenters. The van der Waals surface area contributed by atoms with Crippen molar-refractivity contribution < 1.29 is 0 Å². The van der Waals surface area contributed by atoms with Crippen LogP contribution in [0.25, 0.3) is 21.8 Å². The minimum atomic E-state index is 0.567. The number of hydrogen-bond acceptors (Lipinski definition) is 0. The first-order chi connectivity index (χ1) is 9.42. The summed E-state index contributed by atoms with van der Waals surface area (Å²) in [5.41, 5.74) is 2.58. The lowest BCUT2D eigenvalue weighted by atomic mass is 10.3. The van der Waals surface area contributed by atoms with Gasteiger partial charge in [0.1, 0.15) is 0 Å².